The monoisotopic (exact) mass is 241 g/mol. The van der Waals surface area contributed by atoms with E-state index in [1.54, 1.807) is 23.9 Å². The maximum Gasteiger partial charge on any atom is 0.221 e. The molecule has 0 unspecified atom stereocenters. The van der Waals surface area contributed by atoms with Crippen LogP contribution in [0.2, 0.25) is 0 Å². The Morgan fingerprint density at radius 2 is 2.00 bits per heavy atom. The Kier molecular flexibility index (Phi) is 5.32. The number of hydrogen-bond acceptors (Lipinski definition) is 2. The highest BCUT2D eigenvalue weighted by Gasteiger charge is 2.03. The minimum Gasteiger partial charge on any atom is -0.354 e. The zero-order valence-corrected chi connectivity index (χ0v) is 10.3. The zero-order chi connectivity index (χ0) is 12.0. The molecule has 4 heteroatoms. The molecule has 0 bridgehead atoms. The molecule has 1 rings (SSSR count). The summed E-state index contributed by atoms with van der Waals surface area (Å²) in [7, 11) is 0. The van der Waals surface area contributed by atoms with Crippen molar-refractivity contribution in [2.45, 2.75) is 31.2 Å². The molecule has 0 radical (unpaired) electrons. The summed E-state index contributed by atoms with van der Waals surface area (Å²) >= 11 is 1.56. The van der Waals surface area contributed by atoms with Crippen molar-refractivity contribution in [2.24, 2.45) is 0 Å². The van der Waals surface area contributed by atoms with Gasteiger partial charge >= 0.3 is 0 Å². The molecular formula is C12H16FNOS. The predicted octanol–water partition coefficient (Wildman–Crippen LogP) is 2.83. The first-order valence-electron chi connectivity index (χ1n) is 5.25. The second kappa shape index (κ2) is 6.53. The number of carbonyl (C=O) groups is 1. The van der Waals surface area contributed by atoms with Gasteiger partial charge in [0.2, 0.25) is 5.91 Å². The molecule has 1 aromatic carbocycles. The first-order chi connectivity index (χ1) is 7.58. The summed E-state index contributed by atoms with van der Waals surface area (Å²) < 4.78 is 12.6. The van der Waals surface area contributed by atoms with Crippen LogP contribution in [0.3, 0.4) is 0 Å². The van der Waals surface area contributed by atoms with Gasteiger partial charge in [0.05, 0.1) is 0 Å². The number of hydrogen-bond donors (Lipinski definition) is 1. The van der Waals surface area contributed by atoms with Crippen LogP contribution in [-0.4, -0.2) is 17.7 Å². The molecule has 2 nitrogen and oxygen atoms in total. The molecule has 0 aliphatic heterocycles. The third kappa shape index (κ3) is 5.16. The Morgan fingerprint density at radius 1 is 1.38 bits per heavy atom. The summed E-state index contributed by atoms with van der Waals surface area (Å²) in [5, 5.41) is 2.83. The van der Waals surface area contributed by atoms with Crippen LogP contribution in [0.5, 0.6) is 0 Å². The van der Waals surface area contributed by atoms with Crippen LogP contribution >= 0.6 is 11.8 Å². The fraction of sp³-hybridized carbons (Fsp3) is 0.417. The lowest BCUT2D eigenvalue weighted by atomic mass is 10.3. The Bertz CT molecular complexity index is 337. The molecule has 88 valence electrons. The van der Waals surface area contributed by atoms with Crippen LogP contribution in [0.1, 0.15) is 20.3 Å². The number of nitrogens with one attached hydrogen (secondary N) is 1. The number of amides is 1. The Labute approximate surface area is 99.6 Å². The number of rotatable bonds is 5. The van der Waals surface area contributed by atoms with Crippen molar-refractivity contribution in [1.29, 1.82) is 0 Å². The van der Waals surface area contributed by atoms with Crippen molar-refractivity contribution in [1.82, 2.24) is 5.32 Å². The molecule has 0 saturated heterocycles. The number of benzene rings is 1. The summed E-state index contributed by atoms with van der Waals surface area (Å²) in [6.07, 6.45) is 0.486. The maximum atomic E-state index is 12.6. The molecule has 0 aliphatic carbocycles. The van der Waals surface area contributed by atoms with Crippen molar-refractivity contribution < 1.29 is 9.18 Å². The first kappa shape index (κ1) is 13.0. The largest absolute Gasteiger partial charge is 0.354 e. The summed E-state index contributed by atoms with van der Waals surface area (Å²) in [6.45, 7) is 3.87. The highest BCUT2D eigenvalue weighted by molar-refractivity contribution is 7.99. The molecule has 0 saturated carbocycles. The van der Waals surface area contributed by atoms with Gasteiger partial charge in [0.1, 0.15) is 5.82 Å². The summed E-state index contributed by atoms with van der Waals surface area (Å²) in [5.74, 6) is 0.538. The minimum atomic E-state index is -0.234. The van der Waals surface area contributed by atoms with Gasteiger partial charge < -0.3 is 5.32 Å². The van der Waals surface area contributed by atoms with Gasteiger partial charge in [-0.25, -0.2) is 4.39 Å². The lowest BCUT2D eigenvalue weighted by molar-refractivity contribution is -0.121. The molecule has 0 spiro atoms. The van der Waals surface area contributed by atoms with Crippen LogP contribution in [-0.2, 0) is 4.79 Å². The third-order valence-corrected chi connectivity index (χ3v) is 2.87. The molecule has 1 N–H and O–H groups in total. The standard InChI is InChI=1S/C12H16FNOS/c1-9(2)14-12(15)7-8-16-11-5-3-10(13)4-6-11/h3-6,9H,7-8H2,1-2H3,(H,14,15). The van der Waals surface area contributed by atoms with Crippen molar-refractivity contribution in [3.63, 3.8) is 0 Å². The Balaban J connectivity index is 2.25. The average Bonchev–Trinajstić information content (AvgIpc) is 2.20. The highest BCUT2D eigenvalue weighted by Crippen LogP contribution is 2.18. The fourth-order valence-corrected chi connectivity index (χ4v) is 2.04. The van der Waals surface area contributed by atoms with Crippen LogP contribution in [0.25, 0.3) is 0 Å². The van der Waals surface area contributed by atoms with Gasteiger partial charge in [0.25, 0.3) is 0 Å². The zero-order valence-electron chi connectivity index (χ0n) is 9.50. The van der Waals surface area contributed by atoms with Crippen LogP contribution in [0.15, 0.2) is 29.2 Å². The lowest BCUT2D eigenvalue weighted by Crippen LogP contribution is -2.30. The summed E-state index contributed by atoms with van der Waals surface area (Å²) in [4.78, 5) is 12.3. The topological polar surface area (TPSA) is 29.1 Å². The van der Waals surface area contributed by atoms with Gasteiger partial charge in [-0.05, 0) is 38.1 Å². The molecule has 0 fully saturated rings. The van der Waals surface area contributed by atoms with Gasteiger partial charge in [-0.15, -0.1) is 11.8 Å². The van der Waals surface area contributed by atoms with Crippen molar-refractivity contribution in [2.75, 3.05) is 5.75 Å². The van der Waals surface area contributed by atoms with E-state index in [0.717, 1.165) is 4.90 Å². The lowest BCUT2D eigenvalue weighted by Gasteiger charge is -2.07. The van der Waals surface area contributed by atoms with Gasteiger partial charge in [0, 0.05) is 23.1 Å². The van der Waals surface area contributed by atoms with Gasteiger partial charge in [0.15, 0.2) is 0 Å². The second-order valence-corrected chi connectivity index (χ2v) is 4.94. The molecule has 0 heterocycles. The van der Waals surface area contributed by atoms with E-state index in [1.807, 2.05) is 13.8 Å². The maximum absolute atomic E-state index is 12.6. The number of thioether (sulfide) groups is 1. The van der Waals surface area contributed by atoms with Gasteiger partial charge in [-0.3, -0.25) is 4.79 Å². The van der Waals surface area contributed by atoms with Crippen molar-refractivity contribution >= 4 is 17.7 Å². The Hall–Kier alpha value is -1.03. The molecule has 0 aromatic heterocycles. The quantitative estimate of drug-likeness (QED) is 0.803. The number of halogens is 1. The molecule has 0 aliphatic rings. The SMILES string of the molecule is CC(C)NC(=O)CCSc1ccc(F)cc1. The fourth-order valence-electron chi connectivity index (χ4n) is 1.19. The molecule has 1 aromatic rings. The molecule has 1 amide bonds. The molecule has 16 heavy (non-hydrogen) atoms. The normalized spacial score (nSPS) is 10.5. The van der Waals surface area contributed by atoms with Crippen molar-refractivity contribution in [3.05, 3.63) is 30.1 Å². The Morgan fingerprint density at radius 3 is 2.56 bits per heavy atom. The molecular weight excluding hydrogens is 225 g/mol. The van der Waals surface area contributed by atoms with E-state index in [9.17, 15) is 9.18 Å². The molecule has 0 atom stereocenters. The smallest absolute Gasteiger partial charge is 0.221 e. The van der Waals surface area contributed by atoms with E-state index in [0.29, 0.717) is 12.2 Å². The first-order valence-corrected chi connectivity index (χ1v) is 6.24. The van der Waals surface area contributed by atoms with E-state index in [1.165, 1.54) is 12.1 Å². The van der Waals surface area contributed by atoms with Crippen LogP contribution in [0, 0.1) is 5.82 Å². The van der Waals surface area contributed by atoms with Crippen LogP contribution < -0.4 is 5.32 Å². The second-order valence-electron chi connectivity index (χ2n) is 3.77. The summed E-state index contributed by atoms with van der Waals surface area (Å²) in [5.41, 5.74) is 0. The van der Waals surface area contributed by atoms with E-state index < -0.39 is 0 Å². The minimum absolute atomic E-state index is 0.0598. The third-order valence-electron chi connectivity index (χ3n) is 1.86. The number of carbonyl (C=O) groups excluding carboxylic acids is 1. The van der Waals surface area contributed by atoms with E-state index in [2.05, 4.69) is 5.32 Å². The van der Waals surface area contributed by atoms with Gasteiger partial charge in [-0.2, -0.15) is 0 Å². The summed E-state index contributed by atoms with van der Waals surface area (Å²) in [6, 6.07) is 6.48. The van der Waals surface area contributed by atoms with Gasteiger partial charge in [-0.1, -0.05) is 0 Å². The van der Waals surface area contributed by atoms with E-state index in [4.69, 9.17) is 0 Å². The van der Waals surface area contributed by atoms with Crippen LogP contribution in [0.4, 0.5) is 4.39 Å². The average molecular weight is 241 g/mol. The van der Waals surface area contributed by atoms with E-state index in [-0.39, 0.29) is 17.8 Å². The predicted molar refractivity (Wildman–Crippen MR) is 65.0 cm³/mol. The highest BCUT2D eigenvalue weighted by atomic mass is 32.2. The van der Waals surface area contributed by atoms with Crippen molar-refractivity contribution in [3.8, 4) is 0 Å². The van der Waals surface area contributed by atoms with E-state index >= 15 is 0 Å².